The second-order valence-corrected chi connectivity index (χ2v) is 8.44. The molecule has 2 saturated heterocycles. The Labute approximate surface area is 161 Å². The van der Waals surface area contributed by atoms with Crippen LogP contribution in [-0.2, 0) is 19.1 Å². The maximum Gasteiger partial charge on any atom is 0.330 e. The van der Waals surface area contributed by atoms with E-state index in [1.807, 2.05) is 6.92 Å². The van der Waals surface area contributed by atoms with E-state index in [1.54, 1.807) is 40.9 Å². The molecule has 144 valence electrons. The second-order valence-electron chi connectivity index (χ2n) is 6.94. The van der Waals surface area contributed by atoms with Crippen LogP contribution in [0.4, 0.5) is 5.69 Å². The Hall–Kier alpha value is -2.35. The Morgan fingerprint density at radius 1 is 1.33 bits per heavy atom. The van der Waals surface area contributed by atoms with Gasteiger partial charge in [0, 0.05) is 17.7 Å². The molecule has 1 aromatic carbocycles. The van der Waals surface area contributed by atoms with Crippen molar-refractivity contribution in [1.29, 1.82) is 0 Å². The van der Waals surface area contributed by atoms with Crippen molar-refractivity contribution in [2.75, 3.05) is 11.1 Å². The number of para-hydroxylation sites is 1. The number of ketones is 1. The molecule has 0 bridgehead atoms. The number of fused-ring (bicyclic) bond motifs is 1. The van der Waals surface area contributed by atoms with Gasteiger partial charge >= 0.3 is 5.97 Å². The number of hydrogen-bond donors (Lipinski definition) is 1. The molecule has 2 fully saturated rings. The third kappa shape index (κ3) is 3.71. The monoisotopic (exact) mass is 390 g/mol. The van der Waals surface area contributed by atoms with Crippen LogP contribution in [0.15, 0.2) is 24.3 Å². The van der Waals surface area contributed by atoms with E-state index < -0.39 is 24.0 Å². The molecular formula is C19H22N2O5S. The van der Waals surface area contributed by atoms with Gasteiger partial charge in [-0.2, -0.15) is 0 Å². The summed E-state index contributed by atoms with van der Waals surface area (Å²) < 4.78 is 5.33. The van der Waals surface area contributed by atoms with Gasteiger partial charge in [-0.15, -0.1) is 11.8 Å². The fraction of sp³-hybridized carbons (Fsp3) is 0.474. The average Bonchev–Trinajstić information content (AvgIpc) is 3.11. The molecule has 3 atom stereocenters. The third-order valence-corrected chi connectivity index (χ3v) is 6.45. The first kappa shape index (κ1) is 19.4. The molecule has 3 rings (SSSR count). The molecule has 7 nitrogen and oxygen atoms in total. The molecule has 0 radical (unpaired) electrons. The van der Waals surface area contributed by atoms with Crippen molar-refractivity contribution in [3.8, 4) is 0 Å². The van der Waals surface area contributed by atoms with Gasteiger partial charge in [0.1, 0.15) is 6.04 Å². The summed E-state index contributed by atoms with van der Waals surface area (Å²) in [7, 11) is 0. The number of hydrogen-bond acceptors (Lipinski definition) is 6. The van der Waals surface area contributed by atoms with Crippen LogP contribution >= 0.6 is 11.8 Å². The Kier molecular flexibility index (Phi) is 5.28. The van der Waals surface area contributed by atoms with Crippen molar-refractivity contribution in [2.24, 2.45) is 0 Å². The van der Waals surface area contributed by atoms with E-state index in [9.17, 15) is 19.2 Å². The second kappa shape index (κ2) is 7.34. The van der Waals surface area contributed by atoms with Crippen LogP contribution in [-0.4, -0.2) is 51.2 Å². The van der Waals surface area contributed by atoms with E-state index in [2.05, 4.69) is 5.32 Å². The average molecular weight is 390 g/mol. The minimum atomic E-state index is -1.05. The van der Waals surface area contributed by atoms with Gasteiger partial charge in [0.2, 0.25) is 5.91 Å². The first-order valence-electron chi connectivity index (χ1n) is 8.80. The summed E-state index contributed by atoms with van der Waals surface area (Å²) in [6.07, 6.45) is 0.0793. The van der Waals surface area contributed by atoms with Crippen LogP contribution in [0.2, 0.25) is 0 Å². The van der Waals surface area contributed by atoms with Crippen LogP contribution in [0.1, 0.15) is 44.0 Å². The van der Waals surface area contributed by atoms with Gasteiger partial charge in [-0.25, -0.2) is 4.79 Å². The van der Waals surface area contributed by atoms with Crippen LogP contribution in [0.5, 0.6) is 0 Å². The van der Waals surface area contributed by atoms with Crippen molar-refractivity contribution < 1.29 is 23.9 Å². The summed E-state index contributed by atoms with van der Waals surface area (Å²) in [5.41, 5.74) is 0.756. The number of nitrogens with zero attached hydrogens (tertiary/aromatic N) is 1. The number of carbonyl (C=O) groups excluding carboxylic acids is 4. The van der Waals surface area contributed by atoms with Crippen LogP contribution < -0.4 is 5.32 Å². The topological polar surface area (TPSA) is 92.8 Å². The summed E-state index contributed by atoms with van der Waals surface area (Å²) in [5, 5.41) is 2.63. The van der Waals surface area contributed by atoms with Crippen LogP contribution in [0.25, 0.3) is 0 Å². The van der Waals surface area contributed by atoms with E-state index >= 15 is 0 Å². The highest BCUT2D eigenvalue weighted by Crippen LogP contribution is 2.47. The van der Waals surface area contributed by atoms with Gasteiger partial charge in [-0.1, -0.05) is 12.1 Å². The summed E-state index contributed by atoms with van der Waals surface area (Å²) in [5.74, 6) is -0.882. The van der Waals surface area contributed by atoms with Gasteiger partial charge in [-0.05, 0) is 39.3 Å². The highest BCUT2D eigenvalue weighted by molar-refractivity contribution is 8.01. The maximum atomic E-state index is 12.6. The predicted molar refractivity (Wildman–Crippen MR) is 101 cm³/mol. The lowest BCUT2D eigenvalue weighted by Crippen LogP contribution is -2.48. The first-order chi connectivity index (χ1) is 12.7. The molecule has 0 spiro atoms. The predicted octanol–water partition coefficient (Wildman–Crippen LogP) is 2.21. The Balaban J connectivity index is 1.64. The van der Waals surface area contributed by atoms with E-state index in [0.717, 1.165) is 0 Å². The standard InChI is InChI=1S/C19H22N2O5S/c1-11(22)13-6-4-5-7-14(13)20-17(24)12(2)26-18(25)15-10-27-19(3)9-8-16(23)21(15)19/h4-7,12,15H,8-10H2,1-3H3,(H,20,24)/t12-,15-,19+/m1/s1. The summed E-state index contributed by atoms with van der Waals surface area (Å²) in [4.78, 5) is 50.0. The molecule has 0 saturated carbocycles. The Bertz CT molecular complexity index is 811. The van der Waals surface area contributed by atoms with Gasteiger partial charge in [-0.3, -0.25) is 14.4 Å². The van der Waals surface area contributed by atoms with Gasteiger partial charge < -0.3 is 15.0 Å². The molecule has 0 aromatic heterocycles. The van der Waals surface area contributed by atoms with Crippen molar-refractivity contribution >= 4 is 41.0 Å². The van der Waals surface area contributed by atoms with E-state index in [4.69, 9.17) is 4.74 Å². The SMILES string of the molecule is CC(=O)c1ccccc1NC(=O)[C@@H](C)OC(=O)[C@H]1CS[C@@]2(C)CCC(=O)N12. The molecule has 1 aromatic rings. The molecule has 0 unspecified atom stereocenters. The molecule has 1 N–H and O–H groups in total. The number of ether oxygens (including phenoxy) is 1. The molecule has 27 heavy (non-hydrogen) atoms. The van der Waals surface area contributed by atoms with Crippen molar-refractivity contribution in [1.82, 2.24) is 4.90 Å². The van der Waals surface area contributed by atoms with Crippen LogP contribution in [0.3, 0.4) is 0 Å². The van der Waals surface area contributed by atoms with Gasteiger partial charge in [0.05, 0.1) is 10.6 Å². The largest absolute Gasteiger partial charge is 0.451 e. The number of Topliss-reactive ketones (excluding diaryl/α,β-unsaturated/α-hetero) is 1. The van der Waals surface area contributed by atoms with E-state index in [0.29, 0.717) is 29.8 Å². The number of benzene rings is 1. The molecule has 2 aliphatic heterocycles. The minimum absolute atomic E-state index is 0.0584. The molecule has 8 heteroatoms. The zero-order valence-corrected chi connectivity index (χ0v) is 16.3. The highest BCUT2D eigenvalue weighted by atomic mass is 32.2. The zero-order chi connectivity index (χ0) is 19.8. The quantitative estimate of drug-likeness (QED) is 0.612. The van der Waals surface area contributed by atoms with E-state index in [1.165, 1.54) is 13.8 Å². The Morgan fingerprint density at radius 3 is 2.74 bits per heavy atom. The fourth-order valence-corrected chi connectivity index (χ4v) is 4.85. The van der Waals surface area contributed by atoms with Gasteiger partial charge in [0.15, 0.2) is 11.9 Å². The lowest BCUT2D eigenvalue weighted by molar-refractivity contribution is -0.160. The highest BCUT2D eigenvalue weighted by Gasteiger charge is 2.53. The zero-order valence-electron chi connectivity index (χ0n) is 15.5. The molecule has 2 heterocycles. The minimum Gasteiger partial charge on any atom is -0.451 e. The van der Waals surface area contributed by atoms with Crippen molar-refractivity contribution in [2.45, 2.75) is 50.6 Å². The van der Waals surface area contributed by atoms with Crippen molar-refractivity contribution in [3.05, 3.63) is 29.8 Å². The fourth-order valence-electron chi connectivity index (χ4n) is 3.43. The number of esters is 1. The molecule has 0 aliphatic carbocycles. The molecule has 2 aliphatic rings. The summed E-state index contributed by atoms with van der Waals surface area (Å²) in [6, 6.07) is 5.97. The van der Waals surface area contributed by atoms with Crippen molar-refractivity contribution in [3.63, 3.8) is 0 Å². The first-order valence-corrected chi connectivity index (χ1v) is 9.79. The van der Waals surface area contributed by atoms with Crippen LogP contribution in [0, 0.1) is 0 Å². The number of amides is 2. The summed E-state index contributed by atoms with van der Waals surface area (Å²) >= 11 is 1.56. The lowest BCUT2D eigenvalue weighted by atomic mass is 10.1. The number of thioether (sulfide) groups is 1. The Morgan fingerprint density at radius 2 is 2.04 bits per heavy atom. The molecule has 2 amide bonds. The lowest BCUT2D eigenvalue weighted by Gasteiger charge is -2.29. The number of nitrogens with one attached hydrogen (secondary N) is 1. The number of rotatable bonds is 5. The maximum absolute atomic E-state index is 12.6. The van der Waals surface area contributed by atoms with Gasteiger partial charge in [0.25, 0.3) is 5.91 Å². The number of carbonyl (C=O) groups is 4. The smallest absolute Gasteiger partial charge is 0.330 e. The van der Waals surface area contributed by atoms with E-state index in [-0.39, 0.29) is 16.6 Å². The third-order valence-electron chi connectivity index (χ3n) is 4.94. The normalized spacial score (nSPS) is 25.1. The summed E-state index contributed by atoms with van der Waals surface area (Å²) in [6.45, 7) is 4.83. The molecular weight excluding hydrogens is 368 g/mol. The number of anilines is 1.